The van der Waals surface area contributed by atoms with E-state index in [0.717, 1.165) is 45.3 Å². The van der Waals surface area contributed by atoms with Gasteiger partial charge in [-0.3, -0.25) is 4.79 Å². The lowest BCUT2D eigenvalue weighted by molar-refractivity contribution is -0.131. The molecule has 0 spiro atoms. The summed E-state index contributed by atoms with van der Waals surface area (Å²) in [5.41, 5.74) is 6.07. The quantitative estimate of drug-likeness (QED) is 0.811. The van der Waals surface area contributed by atoms with Gasteiger partial charge < -0.3 is 10.6 Å². The van der Waals surface area contributed by atoms with Gasteiger partial charge in [0.05, 0.1) is 0 Å². The number of amides is 1. The van der Waals surface area contributed by atoms with E-state index in [1.54, 1.807) is 0 Å². The average molecular weight is 282 g/mol. The fraction of sp³-hybridized carbons (Fsp3) is 0.941. The van der Waals surface area contributed by atoms with Crippen LogP contribution in [0, 0.1) is 17.3 Å². The molecule has 0 aromatic heterocycles. The number of carbonyl (C=O) groups is 1. The van der Waals surface area contributed by atoms with Gasteiger partial charge in [-0.2, -0.15) is 0 Å². The van der Waals surface area contributed by atoms with Gasteiger partial charge in [0.25, 0.3) is 0 Å². The second-order valence-electron chi connectivity index (χ2n) is 7.52. The van der Waals surface area contributed by atoms with Crippen LogP contribution in [0.1, 0.15) is 66.2 Å². The van der Waals surface area contributed by atoms with Crippen LogP contribution < -0.4 is 5.73 Å². The minimum atomic E-state index is 0.352. The molecule has 0 saturated carbocycles. The molecule has 1 aliphatic rings. The number of hydrogen-bond acceptors (Lipinski definition) is 2. The largest absolute Gasteiger partial charge is 0.343 e. The molecule has 118 valence electrons. The van der Waals surface area contributed by atoms with Crippen molar-refractivity contribution in [3.63, 3.8) is 0 Å². The second-order valence-corrected chi connectivity index (χ2v) is 7.52. The molecule has 20 heavy (non-hydrogen) atoms. The summed E-state index contributed by atoms with van der Waals surface area (Å²) in [6.07, 6.45) is 6.25. The summed E-state index contributed by atoms with van der Waals surface area (Å²) in [5, 5.41) is 0. The molecule has 3 heteroatoms. The van der Waals surface area contributed by atoms with Gasteiger partial charge in [0.15, 0.2) is 0 Å². The number of likely N-dealkylation sites (tertiary alicyclic amines) is 1. The van der Waals surface area contributed by atoms with E-state index in [9.17, 15) is 4.79 Å². The summed E-state index contributed by atoms with van der Waals surface area (Å²) in [4.78, 5) is 14.5. The lowest BCUT2D eigenvalue weighted by atomic mass is 9.85. The van der Waals surface area contributed by atoms with Gasteiger partial charge in [0.1, 0.15) is 0 Å². The summed E-state index contributed by atoms with van der Waals surface area (Å²) < 4.78 is 0. The lowest BCUT2D eigenvalue weighted by Crippen LogP contribution is -2.32. The van der Waals surface area contributed by atoms with Crippen molar-refractivity contribution in [3.05, 3.63) is 0 Å². The Kier molecular flexibility index (Phi) is 7.01. The topological polar surface area (TPSA) is 46.3 Å². The number of rotatable bonds is 6. The Hall–Kier alpha value is -0.570. The first-order valence-corrected chi connectivity index (χ1v) is 8.33. The van der Waals surface area contributed by atoms with Crippen LogP contribution in [-0.2, 0) is 4.79 Å². The zero-order valence-corrected chi connectivity index (χ0v) is 14.0. The van der Waals surface area contributed by atoms with E-state index in [2.05, 4.69) is 32.6 Å². The number of carbonyl (C=O) groups excluding carboxylic acids is 1. The number of hydrogen-bond donors (Lipinski definition) is 1. The highest BCUT2D eigenvalue weighted by molar-refractivity contribution is 5.76. The highest BCUT2D eigenvalue weighted by Crippen LogP contribution is 2.30. The van der Waals surface area contributed by atoms with Crippen LogP contribution in [0.2, 0.25) is 0 Å². The molecule has 0 bridgehead atoms. The van der Waals surface area contributed by atoms with Crippen molar-refractivity contribution in [3.8, 4) is 0 Å². The first-order chi connectivity index (χ1) is 9.35. The van der Waals surface area contributed by atoms with Gasteiger partial charge in [-0.05, 0) is 55.9 Å². The van der Waals surface area contributed by atoms with Crippen molar-refractivity contribution in [2.45, 2.75) is 66.2 Å². The Morgan fingerprint density at radius 2 is 1.90 bits per heavy atom. The molecular weight excluding hydrogens is 248 g/mol. The molecule has 0 aliphatic carbocycles. The van der Waals surface area contributed by atoms with Crippen LogP contribution >= 0.6 is 0 Å². The molecule has 2 N–H and O–H groups in total. The van der Waals surface area contributed by atoms with Crippen LogP contribution in [0.3, 0.4) is 0 Å². The molecule has 0 radical (unpaired) electrons. The third-order valence-electron chi connectivity index (χ3n) is 4.90. The monoisotopic (exact) mass is 282 g/mol. The standard InChI is InChI=1S/C17H34N2O/c1-14(2)15(8-11-18)6-7-16(20)19-12-5-9-17(3,4)10-13-19/h14-15H,5-13,18H2,1-4H3. The molecule has 1 unspecified atom stereocenters. The van der Waals surface area contributed by atoms with Crippen LogP contribution in [0.25, 0.3) is 0 Å². The van der Waals surface area contributed by atoms with Gasteiger partial charge in [0.2, 0.25) is 5.91 Å². The molecule has 1 aliphatic heterocycles. The van der Waals surface area contributed by atoms with Gasteiger partial charge >= 0.3 is 0 Å². The zero-order valence-electron chi connectivity index (χ0n) is 14.0. The highest BCUT2D eigenvalue weighted by Gasteiger charge is 2.25. The maximum Gasteiger partial charge on any atom is 0.222 e. The predicted octanol–water partition coefficient (Wildman–Crippen LogP) is 3.43. The molecular formula is C17H34N2O. The minimum absolute atomic E-state index is 0.352. The minimum Gasteiger partial charge on any atom is -0.343 e. The summed E-state index contributed by atoms with van der Waals surface area (Å²) in [6.45, 7) is 11.7. The van der Waals surface area contributed by atoms with Crippen molar-refractivity contribution in [2.24, 2.45) is 23.0 Å². The van der Waals surface area contributed by atoms with Crippen molar-refractivity contribution >= 4 is 5.91 Å². The molecule has 1 atom stereocenters. The third-order valence-corrected chi connectivity index (χ3v) is 4.90. The van der Waals surface area contributed by atoms with Crippen molar-refractivity contribution < 1.29 is 4.79 Å². The molecule has 1 rings (SSSR count). The predicted molar refractivity (Wildman–Crippen MR) is 85.4 cm³/mol. The Morgan fingerprint density at radius 3 is 2.50 bits per heavy atom. The summed E-state index contributed by atoms with van der Waals surface area (Å²) in [6, 6.07) is 0. The van der Waals surface area contributed by atoms with Gasteiger partial charge in [-0.15, -0.1) is 0 Å². The van der Waals surface area contributed by atoms with Crippen molar-refractivity contribution in [2.75, 3.05) is 19.6 Å². The SMILES string of the molecule is CC(C)C(CCN)CCC(=O)N1CCCC(C)(C)CC1. The summed E-state index contributed by atoms with van der Waals surface area (Å²) in [7, 11) is 0. The molecule has 1 amide bonds. The zero-order chi connectivity index (χ0) is 15.2. The maximum absolute atomic E-state index is 12.4. The highest BCUT2D eigenvalue weighted by atomic mass is 16.2. The van der Waals surface area contributed by atoms with Crippen LogP contribution in [-0.4, -0.2) is 30.4 Å². The number of nitrogens with zero attached hydrogens (tertiary/aromatic N) is 1. The summed E-state index contributed by atoms with van der Waals surface area (Å²) >= 11 is 0. The fourth-order valence-electron chi connectivity index (χ4n) is 3.16. The van der Waals surface area contributed by atoms with E-state index < -0.39 is 0 Å². The lowest BCUT2D eigenvalue weighted by Gasteiger charge is -2.25. The molecule has 1 heterocycles. The fourth-order valence-corrected chi connectivity index (χ4v) is 3.16. The second kappa shape index (κ2) is 8.02. The smallest absolute Gasteiger partial charge is 0.222 e. The van der Waals surface area contributed by atoms with E-state index >= 15 is 0 Å². The normalized spacial score (nSPS) is 20.8. The van der Waals surface area contributed by atoms with Gasteiger partial charge in [-0.1, -0.05) is 27.7 Å². The summed E-state index contributed by atoms with van der Waals surface area (Å²) in [5.74, 6) is 1.56. The maximum atomic E-state index is 12.4. The van der Waals surface area contributed by atoms with Gasteiger partial charge in [0, 0.05) is 19.5 Å². The van der Waals surface area contributed by atoms with E-state index in [1.165, 1.54) is 6.42 Å². The van der Waals surface area contributed by atoms with E-state index in [0.29, 0.717) is 29.6 Å². The Labute approximate surface area is 125 Å². The Balaban J connectivity index is 2.42. The first-order valence-electron chi connectivity index (χ1n) is 8.33. The number of nitrogens with two attached hydrogens (primary N) is 1. The van der Waals surface area contributed by atoms with Crippen LogP contribution in [0.15, 0.2) is 0 Å². The molecule has 0 aromatic rings. The first kappa shape index (κ1) is 17.5. The third kappa shape index (κ3) is 5.82. The Morgan fingerprint density at radius 1 is 1.20 bits per heavy atom. The Bertz CT molecular complexity index is 299. The average Bonchev–Trinajstić information content (AvgIpc) is 2.54. The molecule has 1 fully saturated rings. The van der Waals surface area contributed by atoms with E-state index in [4.69, 9.17) is 5.73 Å². The van der Waals surface area contributed by atoms with E-state index in [-0.39, 0.29) is 0 Å². The van der Waals surface area contributed by atoms with Crippen LogP contribution in [0.5, 0.6) is 0 Å². The van der Waals surface area contributed by atoms with E-state index in [1.807, 2.05) is 0 Å². The van der Waals surface area contributed by atoms with Crippen molar-refractivity contribution in [1.29, 1.82) is 0 Å². The molecule has 1 saturated heterocycles. The molecule has 0 aromatic carbocycles. The van der Waals surface area contributed by atoms with Gasteiger partial charge in [-0.25, -0.2) is 0 Å². The van der Waals surface area contributed by atoms with Crippen LogP contribution in [0.4, 0.5) is 0 Å². The molecule has 3 nitrogen and oxygen atoms in total. The van der Waals surface area contributed by atoms with Crippen molar-refractivity contribution in [1.82, 2.24) is 4.90 Å².